The van der Waals surface area contributed by atoms with Crippen molar-refractivity contribution in [1.29, 1.82) is 0 Å². The van der Waals surface area contributed by atoms with Gasteiger partial charge in [0.05, 0.1) is 6.61 Å². The quantitative estimate of drug-likeness (QED) is 0.0397. The molecule has 0 amide bonds. The van der Waals surface area contributed by atoms with Crippen LogP contribution in [0.4, 0.5) is 0 Å². The summed E-state index contributed by atoms with van der Waals surface area (Å²) < 4.78 is 37.0. The Kier molecular flexibility index (Phi) is 31.5. The maximum Gasteiger partial charge on any atom is 1.00 e. The van der Waals surface area contributed by atoms with Crippen molar-refractivity contribution >= 4 is 10.4 Å². The minimum absolute atomic E-state index is 0. The number of hydrogen-bond donors (Lipinski definition) is 0. The maximum absolute atomic E-state index is 10.8. The van der Waals surface area contributed by atoms with E-state index in [-0.39, 0.29) is 42.1 Å². The van der Waals surface area contributed by atoms with E-state index in [0.29, 0.717) is 0 Å². The van der Waals surface area contributed by atoms with Gasteiger partial charge in [-0.2, -0.15) is 0 Å². The van der Waals surface area contributed by atoms with E-state index < -0.39 is 10.4 Å². The normalized spacial score (nSPS) is 12.8. The van der Waals surface area contributed by atoms with Gasteiger partial charge in [0, 0.05) is 5.92 Å². The molecule has 0 radical (unpaired) electrons. The van der Waals surface area contributed by atoms with Gasteiger partial charge in [-0.15, -0.1) is 0 Å². The molecule has 4 nitrogen and oxygen atoms in total. The second kappa shape index (κ2) is 29.2. The molecule has 0 aliphatic carbocycles. The standard InChI is InChI=1S/C29H58O4S.Na/c1-3-5-7-9-11-12-13-14-15-16-17-18-19-21-23-25-27-29(28-33-34(30,31)32)26-24-22-20-10-8-6-4-2;/h24,26,29H,3-23,25,27-28H2,1-2H3,(H,30,31,32);/q;+1/p-1/b26-24+;. The van der Waals surface area contributed by atoms with Crippen molar-refractivity contribution in [2.45, 2.75) is 162 Å². The minimum Gasteiger partial charge on any atom is -0.726 e. The first-order valence-corrected chi connectivity index (χ1v) is 16.1. The van der Waals surface area contributed by atoms with Gasteiger partial charge in [-0.25, -0.2) is 8.42 Å². The SMILES string of the molecule is CCCCCCC/C=C/C(CCCCCCCCCCCCCCCCCC)COS(=O)(=O)[O-].[Na+]. The molecule has 35 heavy (non-hydrogen) atoms. The van der Waals surface area contributed by atoms with Gasteiger partial charge >= 0.3 is 29.6 Å². The zero-order valence-electron chi connectivity index (χ0n) is 23.7. The molecular weight excluding hydrogens is 467 g/mol. The van der Waals surface area contributed by atoms with Gasteiger partial charge in [-0.05, 0) is 19.3 Å². The molecule has 0 fully saturated rings. The summed E-state index contributed by atoms with van der Waals surface area (Å²) in [5, 5.41) is 0. The third-order valence-corrected chi connectivity index (χ3v) is 7.16. The molecule has 0 N–H and O–H groups in total. The molecule has 0 saturated heterocycles. The van der Waals surface area contributed by atoms with Crippen LogP contribution in [0.1, 0.15) is 162 Å². The zero-order valence-corrected chi connectivity index (χ0v) is 26.6. The molecule has 6 heteroatoms. The molecule has 1 unspecified atom stereocenters. The van der Waals surface area contributed by atoms with Crippen LogP contribution in [0.3, 0.4) is 0 Å². The fourth-order valence-electron chi connectivity index (χ4n) is 4.51. The minimum atomic E-state index is -4.61. The van der Waals surface area contributed by atoms with Crippen molar-refractivity contribution in [3.63, 3.8) is 0 Å². The first-order valence-electron chi connectivity index (χ1n) is 14.8. The summed E-state index contributed by atoms with van der Waals surface area (Å²) in [7, 11) is -4.61. The van der Waals surface area contributed by atoms with E-state index >= 15 is 0 Å². The Labute approximate surface area is 242 Å². The van der Waals surface area contributed by atoms with Crippen LogP contribution in [0, 0.1) is 5.92 Å². The molecule has 1 atom stereocenters. The molecule has 204 valence electrons. The number of unbranched alkanes of at least 4 members (excludes halogenated alkanes) is 20. The van der Waals surface area contributed by atoms with Gasteiger partial charge in [0.1, 0.15) is 0 Å². The number of allylic oxidation sites excluding steroid dienone is 1. The molecule has 0 aromatic carbocycles. The molecule has 0 aliphatic rings. The molecule has 0 heterocycles. The molecule has 0 aromatic rings. The molecule has 0 bridgehead atoms. The summed E-state index contributed by atoms with van der Waals surface area (Å²) in [4.78, 5) is 0. The Morgan fingerprint density at radius 2 is 1.00 bits per heavy atom. The first-order chi connectivity index (χ1) is 16.5. The third-order valence-electron chi connectivity index (χ3n) is 6.74. The maximum atomic E-state index is 10.8. The summed E-state index contributed by atoms with van der Waals surface area (Å²) in [6.45, 7) is 4.47. The number of rotatable bonds is 27. The smallest absolute Gasteiger partial charge is 0.726 e. The van der Waals surface area contributed by atoms with E-state index in [4.69, 9.17) is 0 Å². The molecule has 0 aliphatic heterocycles. The Hall–Kier alpha value is 0.610. The van der Waals surface area contributed by atoms with Crippen LogP contribution in [0.25, 0.3) is 0 Å². The van der Waals surface area contributed by atoms with Crippen LogP contribution in [0.15, 0.2) is 12.2 Å². The largest absolute Gasteiger partial charge is 1.00 e. The van der Waals surface area contributed by atoms with Crippen LogP contribution in [-0.2, 0) is 14.6 Å². The Balaban J connectivity index is 0. The molecular formula is C29H57NaO4S. The summed E-state index contributed by atoms with van der Waals surface area (Å²) >= 11 is 0. The third kappa shape index (κ3) is 32.6. The van der Waals surface area contributed by atoms with E-state index in [1.165, 1.54) is 128 Å². The van der Waals surface area contributed by atoms with Crippen molar-refractivity contribution < 1.29 is 46.7 Å². The summed E-state index contributed by atoms with van der Waals surface area (Å²) in [5.74, 6) is 0.0195. The fraction of sp³-hybridized carbons (Fsp3) is 0.931. The van der Waals surface area contributed by atoms with Gasteiger partial charge in [0.2, 0.25) is 10.4 Å². The van der Waals surface area contributed by atoms with E-state index in [1.807, 2.05) is 0 Å². The van der Waals surface area contributed by atoms with Crippen LogP contribution in [0.2, 0.25) is 0 Å². The average molecular weight is 525 g/mol. The van der Waals surface area contributed by atoms with Crippen LogP contribution >= 0.6 is 0 Å². The topological polar surface area (TPSA) is 66.4 Å². The van der Waals surface area contributed by atoms with Crippen LogP contribution < -0.4 is 29.6 Å². The summed E-state index contributed by atoms with van der Waals surface area (Å²) in [6, 6.07) is 0. The molecule has 0 aromatic heterocycles. The van der Waals surface area contributed by atoms with Gasteiger partial charge in [-0.3, -0.25) is 4.18 Å². The Morgan fingerprint density at radius 1 is 0.629 bits per heavy atom. The molecule has 0 spiro atoms. The van der Waals surface area contributed by atoms with Crippen molar-refractivity contribution in [3.8, 4) is 0 Å². The van der Waals surface area contributed by atoms with Crippen LogP contribution in [-0.4, -0.2) is 19.6 Å². The van der Waals surface area contributed by atoms with Gasteiger partial charge in [-0.1, -0.05) is 154 Å². The molecule has 0 rings (SSSR count). The van der Waals surface area contributed by atoms with Crippen molar-refractivity contribution in [3.05, 3.63) is 12.2 Å². The van der Waals surface area contributed by atoms with E-state index in [2.05, 4.69) is 30.2 Å². The average Bonchev–Trinajstić information content (AvgIpc) is 2.80. The second-order valence-corrected chi connectivity index (χ2v) is 11.2. The van der Waals surface area contributed by atoms with Gasteiger partial charge in [0.15, 0.2) is 0 Å². The summed E-state index contributed by atoms with van der Waals surface area (Å²) in [6.07, 6.45) is 33.8. The molecule has 0 saturated carbocycles. The van der Waals surface area contributed by atoms with Gasteiger partial charge < -0.3 is 4.55 Å². The number of hydrogen-bond acceptors (Lipinski definition) is 4. The fourth-order valence-corrected chi connectivity index (χ4v) is 4.86. The predicted octanol–water partition coefficient (Wildman–Crippen LogP) is 6.65. The van der Waals surface area contributed by atoms with Crippen molar-refractivity contribution in [2.24, 2.45) is 5.92 Å². The van der Waals surface area contributed by atoms with Gasteiger partial charge in [0.25, 0.3) is 0 Å². The van der Waals surface area contributed by atoms with Crippen molar-refractivity contribution in [2.75, 3.05) is 6.61 Å². The monoisotopic (exact) mass is 524 g/mol. The second-order valence-electron chi connectivity index (χ2n) is 10.2. The summed E-state index contributed by atoms with van der Waals surface area (Å²) in [5.41, 5.74) is 0. The first kappa shape index (κ1) is 37.8. The zero-order chi connectivity index (χ0) is 25.2. The Bertz CT molecular complexity index is 537. The van der Waals surface area contributed by atoms with Crippen molar-refractivity contribution in [1.82, 2.24) is 0 Å². The van der Waals surface area contributed by atoms with E-state index in [0.717, 1.165) is 19.3 Å². The van der Waals surface area contributed by atoms with E-state index in [9.17, 15) is 13.0 Å². The predicted molar refractivity (Wildman–Crippen MR) is 146 cm³/mol. The van der Waals surface area contributed by atoms with Crippen LogP contribution in [0.5, 0.6) is 0 Å². The van der Waals surface area contributed by atoms with E-state index in [1.54, 1.807) is 0 Å². The Morgan fingerprint density at radius 3 is 1.40 bits per heavy atom.